The van der Waals surface area contributed by atoms with E-state index in [1.54, 1.807) is 0 Å². The van der Waals surface area contributed by atoms with Gasteiger partial charge in [-0.2, -0.15) is 0 Å². The van der Waals surface area contributed by atoms with Gasteiger partial charge in [-0.3, -0.25) is 15.5 Å². The number of nitrogen functional groups attached to an aromatic ring is 1. The molecule has 0 bridgehead atoms. The highest BCUT2D eigenvalue weighted by atomic mass is 32.2. The highest BCUT2D eigenvalue weighted by molar-refractivity contribution is 7.93. The molecule has 0 atom stereocenters. The van der Waals surface area contributed by atoms with Gasteiger partial charge in [-0.25, -0.2) is 13.4 Å². The first kappa shape index (κ1) is 13.7. The average Bonchev–Trinajstić information content (AvgIpc) is 2.67. The number of rotatable bonds is 4. The number of nitrogens with one attached hydrogen (secondary N) is 2. The molecule has 19 heavy (non-hydrogen) atoms. The van der Waals surface area contributed by atoms with Crippen molar-refractivity contribution in [3.63, 3.8) is 0 Å². The van der Waals surface area contributed by atoms with Crippen molar-refractivity contribution in [3.8, 4) is 0 Å². The molecule has 0 aromatic carbocycles. The predicted molar refractivity (Wildman–Crippen MR) is 74.4 cm³/mol. The second-order valence-corrected chi connectivity index (χ2v) is 6.64. The lowest BCUT2D eigenvalue weighted by atomic mass is 10.4. The average molecular weight is 299 g/mol. The summed E-state index contributed by atoms with van der Waals surface area (Å²) in [5.74, 6) is 5.29. The van der Waals surface area contributed by atoms with Crippen molar-refractivity contribution in [2.75, 3.05) is 10.1 Å². The Hall–Kier alpha value is -1.71. The summed E-state index contributed by atoms with van der Waals surface area (Å²) in [6.07, 6.45) is 2.68. The van der Waals surface area contributed by atoms with Gasteiger partial charge in [-0.05, 0) is 19.9 Å². The molecule has 4 N–H and O–H groups in total. The smallest absolute Gasteiger partial charge is 0.267 e. The maximum absolute atomic E-state index is 12.2. The standard InChI is InChI=1S/C10H13N5O2S2/c1-6-7(2)18-10(13-6)15-19(16,17)9-5-12-4-3-8(9)14-11/h3-5H,11H2,1-2H3,(H,12,14)(H,13,15). The second-order valence-electron chi connectivity index (χ2n) is 3.78. The Bertz CT molecular complexity index is 676. The van der Waals surface area contributed by atoms with Gasteiger partial charge >= 0.3 is 0 Å². The molecule has 0 amide bonds. The van der Waals surface area contributed by atoms with Crippen LogP contribution >= 0.6 is 11.3 Å². The summed E-state index contributed by atoms with van der Waals surface area (Å²) in [7, 11) is -3.77. The fourth-order valence-corrected chi connectivity index (χ4v) is 3.56. The summed E-state index contributed by atoms with van der Waals surface area (Å²) in [5.41, 5.74) is 3.40. The van der Waals surface area contributed by atoms with Crippen LogP contribution in [0, 0.1) is 13.8 Å². The molecule has 0 saturated carbocycles. The predicted octanol–water partition coefficient (Wildman–Crippen LogP) is 1.24. The van der Waals surface area contributed by atoms with Crippen molar-refractivity contribution in [1.29, 1.82) is 0 Å². The molecular weight excluding hydrogens is 286 g/mol. The SMILES string of the molecule is Cc1nc(NS(=O)(=O)c2cnccc2NN)sc1C. The van der Waals surface area contributed by atoms with E-state index < -0.39 is 10.0 Å². The Morgan fingerprint density at radius 1 is 1.37 bits per heavy atom. The Morgan fingerprint density at radius 3 is 2.68 bits per heavy atom. The first-order chi connectivity index (χ1) is 8.94. The Kier molecular flexibility index (Phi) is 3.69. The fraction of sp³-hybridized carbons (Fsp3) is 0.200. The molecule has 2 aromatic heterocycles. The second kappa shape index (κ2) is 5.11. The van der Waals surface area contributed by atoms with Crippen molar-refractivity contribution >= 4 is 32.2 Å². The summed E-state index contributed by atoms with van der Waals surface area (Å²) in [4.78, 5) is 8.86. The highest BCUT2D eigenvalue weighted by Gasteiger charge is 2.20. The summed E-state index contributed by atoms with van der Waals surface area (Å²) < 4.78 is 26.9. The quantitative estimate of drug-likeness (QED) is 0.579. The van der Waals surface area contributed by atoms with Gasteiger partial charge in [0, 0.05) is 17.3 Å². The molecule has 2 heterocycles. The van der Waals surface area contributed by atoms with E-state index in [-0.39, 0.29) is 10.6 Å². The van der Waals surface area contributed by atoms with Gasteiger partial charge in [0.1, 0.15) is 4.90 Å². The summed E-state index contributed by atoms with van der Waals surface area (Å²) in [6, 6.07) is 1.48. The number of hydrazine groups is 1. The maximum atomic E-state index is 12.2. The van der Waals surface area contributed by atoms with Crippen molar-refractivity contribution < 1.29 is 8.42 Å². The Morgan fingerprint density at radius 2 is 2.11 bits per heavy atom. The van der Waals surface area contributed by atoms with E-state index in [2.05, 4.69) is 20.1 Å². The Labute approximate surface area is 114 Å². The van der Waals surface area contributed by atoms with Crippen LogP contribution < -0.4 is 16.0 Å². The minimum Gasteiger partial charge on any atom is -0.323 e. The lowest BCUT2D eigenvalue weighted by molar-refractivity contribution is 0.601. The Balaban J connectivity index is 2.37. The van der Waals surface area contributed by atoms with Crippen molar-refractivity contribution in [3.05, 3.63) is 29.0 Å². The number of hydrogen-bond acceptors (Lipinski definition) is 7. The molecule has 2 rings (SSSR count). The normalized spacial score (nSPS) is 11.3. The van der Waals surface area contributed by atoms with Crippen LogP contribution in [0.3, 0.4) is 0 Å². The topological polar surface area (TPSA) is 110 Å². The van der Waals surface area contributed by atoms with Crippen molar-refractivity contribution in [1.82, 2.24) is 9.97 Å². The largest absolute Gasteiger partial charge is 0.323 e. The van der Waals surface area contributed by atoms with Crippen LogP contribution in [0.25, 0.3) is 0 Å². The third-order valence-electron chi connectivity index (χ3n) is 2.48. The molecule has 0 spiro atoms. The van der Waals surface area contributed by atoms with Crippen LogP contribution in [0.5, 0.6) is 0 Å². The zero-order chi connectivity index (χ0) is 14.0. The minimum absolute atomic E-state index is 0.0250. The molecule has 0 radical (unpaired) electrons. The molecule has 0 aliphatic rings. The fourth-order valence-electron chi connectivity index (χ4n) is 1.40. The lowest BCUT2D eigenvalue weighted by Crippen LogP contribution is -2.17. The zero-order valence-corrected chi connectivity index (χ0v) is 12.0. The van der Waals surface area contributed by atoms with Gasteiger partial charge in [-0.15, -0.1) is 11.3 Å². The summed E-state index contributed by atoms with van der Waals surface area (Å²) >= 11 is 1.28. The molecule has 0 saturated heterocycles. The number of pyridine rings is 1. The van der Waals surface area contributed by atoms with Gasteiger partial charge in [-0.1, -0.05) is 0 Å². The summed E-state index contributed by atoms with van der Waals surface area (Å²) in [6.45, 7) is 3.70. The van der Waals surface area contributed by atoms with Gasteiger partial charge < -0.3 is 5.43 Å². The van der Waals surface area contributed by atoms with E-state index in [1.165, 1.54) is 29.8 Å². The lowest BCUT2D eigenvalue weighted by Gasteiger charge is -2.09. The van der Waals surface area contributed by atoms with Crippen LogP contribution in [0.4, 0.5) is 10.8 Å². The number of hydrogen-bond donors (Lipinski definition) is 3. The third kappa shape index (κ3) is 2.83. The third-order valence-corrected chi connectivity index (χ3v) is 4.96. The highest BCUT2D eigenvalue weighted by Crippen LogP contribution is 2.26. The number of thiazole rings is 1. The van der Waals surface area contributed by atoms with Gasteiger partial charge in [0.2, 0.25) is 0 Å². The molecule has 102 valence electrons. The number of nitrogens with zero attached hydrogens (tertiary/aromatic N) is 2. The van der Waals surface area contributed by atoms with E-state index in [0.29, 0.717) is 5.13 Å². The monoisotopic (exact) mass is 299 g/mol. The van der Waals surface area contributed by atoms with Crippen molar-refractivity contribution in [2.24, 2.45) is 5.84 Å². The van der Waals surface area contributed by atoms with Crippen LogP contribution in [-0.2, 0) is 10.0 Å². The number of aromatic nitrogens is 2. The molecule has 0 aliphatic carbocycles. The maximum Gasteiger partial charge on any atom is 0.267 e. The number of sulfonamides is 1. The number of aryl methyl sites for hydroxylation is 2. The molecule has 7 nitrogen and oxygen atoms in total. The number of nitrogens with two attached hydrogens (primary N) is 1. The molecule has 0 aliphatic heterocycles. The first-order valence-electron chi connectivity index (χ1n) is 5.31. The van der Waals surface area contributed by atoms with Crippen LogP contribution in [-0.4, -0.2) is 18.4 Å². The molecule has 0 unspecified atom stereocenters. The van der Waals surface area contributed by atoms with Gasteiger partial charge in [0.25, 0.3) is 10.0 Å². The minimum atomic E-state index is -3.77. The van der Waals surface area contributed by atoms with E-state index in [0.717, 1.165) is 10.6 Å². The first-order valence-corrected chi connectivity index (χ1v) is 7.61. The van der Waals surface area contributed by atoms with Crippen LogP contribution in [0.1, 0.15) is 10.6 Å². The van der Waals surface area contributed by atoms with E-state index in [1.807, 2.05) is 13.8 Å². The van der Waals surface area contributed by atoms with E-state index in [4.69, 9.17) is 5.84 Å². The molecule has 9 heteroatoms. The summed E-state index contributed by atoms with van der Waals surface area (Å²) in [5, 5.41) is 0.321. The number of anilines is 2. The zero-order valence-electron chi connectivity index (χ0n) is 10.3. The van der Waals surface area contributed by atoms with E-state index in [9.17, 15) is 8.42 Å². The van der Waals surface area contributed by atoms with Gasteiger partial charge in [0.15, 0.2) is 5.13 Å². The van der Waals surface area contributed by atoms with E-state index >= 15 is 0 Å². The van der Waals surface area contributed by atoms with Crippen LogP contribution in [0.15, 0.2) is 23.4 Å². The van der Waals surface area contributed by atoms with Crippen LogP contribution in [0.2, 0.25) is 0 Å². The molecular formula is C10H13N5O2S2. The van der Waals surface area contributed by atoms with Gasteiger partial charge in [0.05, 0.1) is 11.4 Å². The molecule has 2 aromatic rings. The molecule has 0 fully saturated rings. The van der Waals surface area contributed by atoms with Crippen molar-refractivity contribution in [2.45, 2.75) is 18.7 Å².